The zero-order valence-corrected chi connectivity index (χ0v) is 12.0. The summed E-state index contributed by atoms with van der Waals surface area (Å²) in [4.78, 5) is 0. The van der Waals surface area contributed by atoms with E-state index in [9.17, 15) is 0 Å². The van der Waals surface area contributed by atoms with Gasteiger partial charge in [0.05, 0.1) is 0 Å². The Balaban J connectivity index is 1.97. The van der Waals surface area contributed by atoms with E-state index in [-0.39, 0.29) is 0 Å². The first kappa shape index (κ1) is 13.4. The van der Waals surface area contributed by atoms with E-state index in [0.29, 0.717) is 0 Å². The lowest BCUT2D eigenvalue weighted by Crippen LogP contribution is -2.43. The molecule has 0 saturated heterocycles. The summed E-state index contributed by atoms with van der Waals surface area (Å²) in [6.07, 6.45) is 10.3. The van der Waals surface area contributed by atoms with E-state index in [0.717, 1.165) is 36.3 Å². The normalized spacial score (nSPS) is 43.6. The van der Waals surface area contributed by atoms with Gasteiger partial charge in [-0.05, 0) is 62.3 Å². The lowest BCUT2D eigenvalue weighted by molar-refractivity contribution is 0.106. The fourth-order valence-corrected chi connectivity index (χ4v) is 4.60. The Labute approximate surface area is 108 Å². The Morgan fingerprint density at radius 1 is 0.941 bits per heavy atom. The van der Waals surface area contributed by atoms with Gasteiger partial charge in [0.25, 0.3) is 0 Å². The van der Waals surface area contributed by atoms with Crippen molar-refractivity contribution in [2.24, 2.45) is 23.7 Å². The maximum atomic E-state index is 3.76. The molecule has 17 heavy (non-hydrogen) atoms. The molecule has 2 aliphatic carbocycles. The van der Waals surface area contributed by atoms with Crippen molar-refractivity contribution in [3.63, 3.8) is 0 Å². The molecule has 0 amide bonds. The smallest absolute Gasteiger partial charge is 0.00978 e. The van der Waals surface area contributed by atoms with Gasteiger partial charge in [-0.2, -0.15) is 0 Å². The molecule has 0 aromatic heterocycles. The summed E-state index contributed by atoms with van der Waals surface area (Å²) in [5.41, 5.74) is 0. The van der Waals surface area contributed by atoms with Gasteiger partial charge < -0.3 is 5.32 Å². The van der Waals surface area contributed by atoms with Crippen molar-refractivity contribution < 1.29 is 0 Å². The molecule has 2 saturated carbocycles. The third kappa shape index (κ3) is 3.47. The molecule has 1 nitrogen and oxygen atoms in total. The highest BCUT2D eigenvalue weighted by atomic mass is 14.9. The largest absolute Gasteiger partial charge is 0.314 e. The van der Waals surface area contributed by atoms with Crippen LogP contribution >= 0.6 is 0 Å². The average molecular weight is 237 g/mol. The topological polar surface area (TPSA) is 12.0 Å². The molecule has 0 heterocycles. The van der Waals surface area contributed by atoms with Gasteiger partial charge in [-0.3, -0.25) is 0 Å². The van der Waals surface area contributed by atoms with Gasteiger partial charge in [-0.25, -0.2) is 0 Å². The Kier molecular flexibility index (Phi) is 4.90. The third-order valence-corrected chi connectivity index (χ3v) is 5.11. The van der Waals surface area contributed by atoms with Gasteiger partial charge in [-0.15, -0.1) is 0 Å². The van der Waals surface area contributed by atoms with Crippen LogP contribution in [0.2, 0.25) is 0 Å². The third-order valence-electron chi connectivity index (χ3n) is 5.11. The van der Waals surface area contributed by atoms with Gasteiger partial charge in [0.2, 0.25) is 0 Å². The van der Waals surface area contributed by atoms with Crippen molar-refractivity contribution in [1.29, 1.82) is 0 Å². The molecule has 4 unspecified atom stereocenters. The van der Waals surface area contributed by atoms with Crippen LogP contribution in [0.25, 0.3) is 0 Å². The van der Waals surface area contributed by atoms with Crippen LogP contribution in [0.4, 0.5) is 0 Å². The van der Waals surface area contributed by atoms with E-state index in [1.54, 1.807) is 0 Å². The number of nitrogens with one attached hydrogen (secondary N) is 1. The van der Waals surface area contributed by atoms with Gasteiger partial charge in [-0.1, -0.05) is 33.6 Å². The van der Waals surface area contributed by atoms with E-state index < -0.39 is 0 Å². The van der Waals surface area contributed by atoms with Crippen LogP contribution < -0.4 is 5.32 Å². The highest BCUT2D eigenvalue weighted by molar-refractivity contribution is 4.88. The minimum atomic E-state index is 0.830. The molecule has 0 aliphatic heterocycles. The number of hydrogen-bond acceptors (Lipinski definition) is 1. The fraction of sp³-hybridized carbons (Fsp3) is 1.00. The molecule has 0 aromatic rings. The van der Waals surface area contributed by atoms with E-state index in [2.05, 4.69) is 26.1 Å². The minimum Gasteiger partial charge on any atom is -0.314 e. The lowest BCUT2D eigenvalue weighted by Gasteiger charge is -2.42. The molecule has 0 spiro atoms. The predicted molar refractivity (Wildman–Crippen MR) is 75.1 cm³/mol. The molecule has 0 bridgehead atoms. The SMILES string of the molecule is CCNC1CCCCC1C1CC(C)CC(C)C1. The Morgan fingerprint density at radius 3 is 2.24 bits per heavy atom. The monoisotopic (exact) mass is 237 g/mol. The first-order chi connectivity index (χ1) is 8.20. The van der Waals surface area contributed by atoms with Gasteiger partial charge in [0.1, 0.15) is 0 Å². The second-order valence-electron chi connectivity index (χ2n) is 6.79. The van der Waals surface area contributed by atoms with Crippen molar-refractivity contribution in [1.82, 2.24) is 5.32 Å². The molecule has 0 radical (unpaired) electrons. The number of hydrogen-bond donors (Lipinski definition) is 1. The summed E-state index contributed by atoms with van der Waals surface area (Å²) in [6.45, 7) is 8.35. The van der Waals surface area contributed by atoms with Crippen LogP contribution in [0.15, 0.2) is 0 Å². The standard InChI is InChI=1S/C16H31N/c1-4-17-16-8-6-5-7-15(16)14-10-12(2)9-13(3)11-14/h12-17H,4-11H2,1-3H3. The fourth-order valence-electron chi connectivity index (χ4n) is 4.60. The van der Waals surface area contributed by atoms with E-state index >= 15 is 0 Å². The maximum absolute atomic E-state index is 3.76. The second-order valence-corrected chi connectivity index (χ2v) is 6.79. The molecule has 1 N–H and O–H groups in total. The Morgan fingerprint density at radius 2 is 1.59 bits per heavy atom. The van der Waals surface area contributed by atoms with E-state index in [4.69, 9.17) is 0 Å². The summed E-state index contributed by atoms with van der Waals surface area (Å²) in [7, 11) is 0. The van der Waals surface area contributed by atoms with Gasteiger partial charge >= 0.3 is 0 Å². The molecule has 2 fully saturated rings. The molecule has 0 aromatic carbocycles. The first-order valence-electron chi connectivity index (χ1n) is 7.94. The lowest BCUT2D eigenvalue weighted by atomic mass is 9.66. The first-order valence-corrected chi connectivity index (χ1v) is 7.94. The van der Waals surface area contributed by atoms with Gasteiger partial charge in [0, 0.05) is 6.04 Å². The minimum absolute atomic E-state index is 0.830. The van der Waals surface area contributed by atoms with Crippen molar-refractivity contribution >= 4 is 0 Å². The maximum Gasteiger partial charge on any atom is 0.00978 e. The predicted octanol–water partition coefficient (Wildman–Crippen LogP) is 4.23. The quantitative estimate of drug-likeness (QED) is 0.774. The van der Waals surface area contributed by atoms with Crippen molar-refractivity contribution in [3.05, 3.63) is 0 Å². The molecule has 2 aliphatic rings. The zero-order valence-electron chi connectivity index (χ0n) is 12.0. The Hall–Kier alpha value is -0.0400. The number of rotatable bonds is 3. The zero-order chi connectivity index (χ0) is 12.3. The van der Waals surface area contributed by atoms with Gasteiger partial charge in [0.15, 0.2) is 0 Å². The van der Waals surface area contributed by atoms with Crippen LogP contribution in [0.5, 0.6) is 0 Å². The molecule has 100 valence electrons. The summed E-state index contributed by atoms with van der Waals surface area (Å²) < 4.78 is 0. The van der Waals surface area contributed by atoms with E-state index in [1.807, 2.05) is 0 Å². The highest BCUT2D eigenvalue weighted by Gasteiger charge is 2.35. The average Bonchev–Trinajstić information content (AvgIpc) is 2.29. The highest BCUT2D eigenvalue weighted by Crippen LogP contribution is 2.42. The molecule has 4 atom stereocenters. The van der Waals surface area contributed by atoms with Crippen LogP contribution in [0.3, 0.4) is 0 Å². The Bertz CT molecular complexity index is 214. The summed E-state index contributed by atoms with van der Waals surface area (Å²) in [5, 5.41) is 3.76. The van der Waals surface area contributed by atoms with Crippen molar-refractivity contribution in [3.8, 4) is 0 Å². The second kappa shape index (κ2) is 6.22. The van der Waals surface area contributed by atoms with Crippen molar-refractivity contribution in [2.75, 3.05) is 6.54 Å². The summed E-state index contributed by atoms with van der Waals surface area (Å²) in [6, 6.07) is 0.830. The molecule has 2 rings (SSSR count). The summed E-state index contributed by atoms with van der Waals surface area (Å²) in [5.74, 6) is 3.92. The summed E-state index contributed by atoms with van der Waals surface area (Å²) >= 11 is 0. The van der Waals surface area contributed by atoms with Crippen LogP contribution in [-0.2, 0) is 0 Å². The van der Waals surface area contributed by atoms with Crippen LogP contribution in [-0.4, -0.2) is 12.6 Å². The van der Waals surface area contributed by atoms with Crippen LogP contribution in [0, 0.1) is 23.7 Å². The molecular formula is C16H31N. The van der Waals surface area contributed by atoms with Crippen molar-refractivity contribution in [2.45, 2.75) is 71.8 Å². The van der Waals surface area contributed by atoms with E-state index in [1.165, 1.54) is 44.9 Å². The van der Waals surface area contributed by atoms with Crippen LogP contribution in [0.1, 0.15) is 65.7 Å². The molecule has 1 heteroatoms. The molecular weight excluding hydrogens is 206 g/mol.